The maximum atomic E-state index is 5.63. The minimum Gasteiger partial charge on any atom is -0.394 e. The Morgan fingerprint density at radius 2 is 2.30 bits per heavy atom. The van der Waals surface area contributed by atoms with Gasteiger partial charge in [-0.3, -0.25) is 0 Å². The summed E-state index contributed by atoms with van der Waals surface area (Å²) in [7, 11) is 0. The summed E-state index contributed by atoms with van der Waals surface area (Å²) >= 11 is 0. The molecule has 0 spiro atoms. The van der Waals surface area contributed by atoms with Crippen molar-refractivity contribution in [3.8, 4) is 0 Å². The maximum absolute atomic E-state index is 5.63. The van der Waals surface area contributed by atoms with Crippen molar-refractivity contribution < 1.29 is 4.52 Å². The van der Waals surface area contributed by atoms with E-state index in [1.807, 2.05) is 6.92 Å². The fourth-order valence-corrected chi connectivity index (χ4v) is 0.831. The second kappa shape index (κ2) is 2.73. The van der Waals surface area contributed by atoms with Crippen LogP contribution in [-0.2, 0) is 6.42 Å². The Bertz CT molecular complexity index is 217. The first-order valence-electron chi connectivity index (χ1n) is 3.46. The van der Waals surface area contributed by atoms with Gasteiger partial charge in [0.2, 0.25) is 0 Å². The van der Waals surface area contributed by atoms with Crippen LogP contribution in [0, 0.1) is 6.92 Å². The maximum Gasteiger partial charge on any atom is 0.159 e. The molecule has 1 aromatic rings. The summed E-state index contributed by atoms with van der Waals surface area (Å²) in [5.41, 5.74) is 7.14. The molecule has 0 saturated heterocycles. The molecule has 3 heteroatoms. The predicted octanol–water partition coefficient (Wildman–Crippen LogP) is 1.52. The Balaban J connectivity index is 2.83. The third kappa shape index (κ3) is 1.12. The Morgan fingerprint density at radius 1 is 1.60 bits per heavy atom. The molecule has 0 atom stereocenters. The van der Waals surface area contributed by atoms with Crippen LogP contribution in [0.3, 0.4) is 0 Å². The highest BCUT2D eigenvalue weighted by molar-refractivity contribution is 5.45. The van der Waals surface area contributed by atoms with E-state index in [4.69, 9.17) is 10.3 Å². The Kier molecular flexibility index (Phi) is 1.94. The van der Waals surface area contributed by atoms with Crippen molar-refractivity contribution in [1.82, 2.24) is 5.16 Å². The Hall–Kier alpha value is -0.990. The summed E-state index contributed by atoms with van der Waals surface area (Å²) in [6.45, 7) is 3.93. The Morgan fingerprint density at radius 3 is 2.70 bits per heavy atom. The quantitative estimate of drug-likeness (QED) is 0.677. The number of hydrogen-bond acceptors (Lipinski definition) is 3. The molecule has 0 radical (unpaired) electrons. The van der Waals surface area contributed by atoms with Gasteiger partial charge in [0.05, 0.1) is 5.69 Å². The van der Waals surface area contributed by atoms with E-state index in [9.17, 15) is 0 Å². The Labute approximate surface area is 60.2 Å². The van der Waals surface area contributed by atoms with Crippen molar-refractivity contribution in [3.05, 3.63) is 11.5 Å². The van der Waals surface area contributed by atoms with Gasteiger partial charge in [-0.15, -0.1) is 0 Å². The molecule has 0 unspecified atom stereocenters. The van der Waals surface area contributed by atoms with Crippen LogP contribution in [0.15, 0.2) is 4.52 Å². The van der Waals surface area contributed by atoms with Crippen LogP contribution in [0.25, 0.3) is 0 Å². The van der Waals surface area contributed by atoms with Crippen molar-refractivity contribution >= 4 is 5.69 Å². The van der Waals surface area contributed by atoms with Crippen LogP contribution >= 0.6 is 0 Å². The lowest BCUT2D eigenvalue weighted by atomic mass is 10.2. The van der Waals surface area contributed by atoms with Gasteiger partial charge in [0.1, 0.15) is 5.69 Å². The minimum atomic E-state index is 0.710. The molecule has 56 valence electrons. The minimum absolute atomic E-state index is 0.710. The average molecular weight is 140 g/mol. The van der Waals surface area contributed by atoms with Gasteiger partial charge in [-0.05, 0) is 13.3 Å². The van der Waals surface area contributed by atoms with E-state index < -0.39 is 0 Å². The van der Waals surface area contributed by atoms with Crippen molar-refractivity contribution in [3.63, 3.8) is 0 Å². The lowest BCUT2D eigenvalue weighted by Crippen LogP contribution is -1.90. The summed E-state index contributed by atoms with van der Waals surface area (Å²) in [4.78, 5) is 0. The van der Waals surface area contributed by atoms with Crippen LogP contribution < -0.4 is 5.73 Å². The van der Waals surface area contributed by atoms with Crippen LogP contribution in [0.4, 0.5) is 5.69 Å². The molecule has 0 saturated carbocycles. The van der Waals surface area contributed by atoms with Crippen molar-refractivity contribution in [2.45, 2.75) is 26.7 Å². The van der Waals surface area contributed by atoms with Crippen molar-refractivity contribution in [2.24, 2.45) is 0 Å². The molecule has 0 aliphatic heterocycles. The number of nitrogens with zero attached hydrogens (tertiary/aromatic N) is 1. The third-order valence-corrected chi connectivity index (χ3v) is 1.46. The summed E-state index contributed by atoms with van der Waals surface area (Å²) in [6.07, 6.45) is 1.92. The van der Waals surface area contributed by atoms with Gasteiger partial charge >= 0.3 is 0 Å². The first-order chi connectivity index (χ1) is 4.75. The average Bonchev–Trinajstić information content (AvgIpc) is 2.20. The van der Waals surface area contributed by atoms with Gasteiger partial charge in [0.15, 0.2) is 5.76 Å². The molecular weight excluding hydrogens is 128 g/mol. The number of anilines is 1. The van der Waals surface area contributed by atoms with E-state index in [2.05, 4.69) is 12.1 Å². The zero-order valence-electron chi connectivity index (χ0n) is 6.35. The van der Waals surface area contributed by atoms with Crippen LogP contribution in [-0.4, -0.2) is 5.16 Å². The number of nitrogens with two attached hydrogens (primary N) is 1. The van der Waals surface area contributed by atoms with Crippen molar-refractivity contribution in [2.75, 3.05) is 5.73 Å². The predicted molar refractivity (Wildman–Crippen MR) is 39.6 cm³/mol. The van der Waals surface area contributed by atoms with E-state index in [0.717, 1.165) is 24.3 Å². The molecule has 10 heavy (non-hydrogen) atoms. The topological polar surface area (TPSA) is 52.0 Å². The lowest BCUT2D eigenvalue weighted by Gasteiger charge is -1.90. The number of aryl methyl sites for hydroxylation is 2. The summed E-state index contributed by atoms with van der Waals surface area (Å²) in [6, 6.07) is 0. The monoisotopic (exact) mass is 140 g/mol. The molecule has 0 aromatic carbocycles. The summed E-state index contributed by atoms with van der Waals surface area (Å²) in [5, 5.41) is 3.73. The second-order valence-electron chi connectivity index (χ2n) is 2.35. The molecule has 3 nitrogen and oxygen atoms in total. The lowest BCUT2D eigenvalue weighted by molar-refractivity contribution is 0.379. The molecule has 0 aliphatic rings. The fourth-order valence-electron chi connectivity index (χ4n) is 0.831. The zero-order chi connectivity index (χ0) is 7.56. The molecule has 0 aliphatic carbocycles. The zero-order valence-corrected chi connectivity index (χ0v) is 6.35. The molecule has 0 fully saturated rings. The standard InChI is InChI=1S/C7H12N2O/c1-3-4-6-7(8)5(2)9-10-6/h3-4,8H2,1-2H3. The van der Waals surface area contributed by atoms with Gasteiger partial charge in [0.25, 0.3) is 0 Å². The highest BCUT2D eigenvalue weighted by atomic mass is 16.5. The molecule has 1 rings (SSSR count). The largest absolute Gasteiger partial charge is 0.394 e. The fraction of sp³-hybridized carbons (Fsp3) is 0.571. The molecule has 1 aromatic heterocycles. The smallest absolute Gasteiger partial charge is 0.159 e. The number of rotatable bonds is 2. The van der Waals surface area contributed by atoms with Crippen molar-refractivity contribution in [1.29, 1.82) is 0 Å². The number of nitrogen functional groups attached to an aromatic ring is 1. The first kappa shape index (κ1) is 7.12. The van der Waals surface area contributed by atoms with Crippen LogP contribution in [0.1, 0.15) is 24.8 Å². The highest BCUT2D eigenvalue weighted by Crippen LogP contribution is 2.16. The van der Waals surface area contributed by atoms with Crippen LogP contribution in [0.5, 0.6) is 0 Å². The van der Waals surface area contributed by atoms with Gasteiger partial charge in [0, 0.05) is 6.42 Å². The van der Waals surface area contributed by atoms with Gasteiger partial charge in [-0.25, -0.2) is 0 Å². The third-order valence-electron chi connectivity index (χ3n) is 1.46. The number of aromatic nitrogens is 1. The summed E-state index contributed by atoms with van der Waals surface area (Å²) in [5.74, 6) is 0.819. The molecule has 1 heterocycles. The number of hydrogen-bond donors (Lipinski definition) is 1. The van der Waals surface area contributed by atoms with E-state index in [0.29, 0.717) is 5.69 Å². The van der Waals surface area contributed by atoms with Gasteiger partial charge in [-0.1, -0.05) is 12.1 Å². The SMILES string of the molecule is CCCc1onc(C)c1N. The molecule has 0 amide bonds. The highest BCUT2D eigenvalue weighted by Gasteiger charge is 2.06. The molecule has 2 N–H and O–H groups in total. The van der Waals surface area contributed by atoms with E-state index in [1.165, 1.54) is 0 Å². The normalized spacial score (nSPS) is 10.2. The first-order valence-corrected chi connectivity index (χ1v) is 3.46. The van der Waals surface area contributed by atoms with Crippen LogP contribution in [0.2, 0.25) is 0 Å². The second-order valence-corrected chi connectivity index (χ2v) is 2.35. The van der Waals surface area contributed by atoms with E-state index >= 15 is 0 Å². The molecule has 0 bridgehead atoms. The van der Waals surface area contributed by atoms with Gasteiger partial charge < -0.3 is 10.3 Å². The van der Waals surface area contributed by atoms with E-state index in [1.54, 1.807) is 0 Å². The summed E-state index contributed by atoms with van der Waals surface area (Å²) < 4.78 is 4.96. The van der Waals surface area contributed by atoms with Gasteiger partial charge in [-0.2, -0.15) is 0 Å². The van der Waals surface area contributed by atoms with E-state index in [-0.39, 0.29) is 0 Å². The molecular formula is C7H12N2O.